The van der Waals surface area contributed by atoms with Crippen molar-refractivity contribution in [2.75, 3.05) is 18.4 Å². The van der Waals surface area contributed by atoms with E-state index in [0.717, 1.165) is 36.1 Å². The van der Waals surface area contributed by atoms with Gasteiger partial charge in [-0.25, -0.2) is 0 Å². The number of hydrogen-bond donors (Lipinski definition) is 1. The predicted octanol–water partition coefficient (Wildman–Crippen LogP) is 3.16. The Morgan fingerprint density at radius 3 is 2.80 bits per heavy atom. The van der Waals surface area contributed by atoms with Crippen LogP contribution in [0.3, 0.4) is 0 Å². The van der Waals surface area contributed by atoms with Crippen molar-refractivity contribution < 1.29 is 4.79 Å². The second-order valence-electron chi connectivity index (χ2n) is 4.98. The molecular formula is C15H18BrN3O. The van der Waals surface area contributed by atoms with Gasteiger partial charge in [0.25, 0.3) is 0 Å². The summed E-state index contributed by atoms with van der Waals surface area (Å²) in [6.07, 6.45) is 3.56. The molecular weight excluding hydrogens is 318 g/mol. The Balaban J connectivity index is 1.92. The number of benzene rings is 1. The first-order valence-corrected chi connectivity index (χ1v) is 7.68. The van der Waals surface area contributed by atoms with Crippen LogP contribution in [-0.4, -0.2) is 29.9 Å². The van der Waals surface area contributed by atoms with Crippen LogP contribution in [0, 0.1) is 11.3 Å². The number of likely N-dealkylation sites (tertiary alicyclic amines) is 1. The van der Waals surface area contributed by atoms with Crippen molar-refractivity contribution in [3.63, 3.8) is 0 Å². The molecule has 0 bridgehead atoms. The van der Waals surface area contributed by atoms with Gasteiger partial charge in [-0.2, -0.15) is 5.26 Å². The SMILES string of the molecule is N#CC(CC(=O)N1CCCCC1)Nc1cccc(Br)c1. The molecule has 1 aromatic carbocycles. The maximum atomic E-state index is 12.2. The van der Waals surface area contributed by atoms with E-state index in [-0.39, 0.29) is 12.3 Å². The van der Waals surface area contributed by atoms with Gasteiger partial charge >= 0.3 is 0 Å². The smallest absolute Gasteiger partial charge is 0.225 e. The zero-order chi connectivity index (χ0) is 14.4. The van der Waals surface area contributed by atoms with Crippen molar-refractivity contribution in [2.45, 2.75) is 31.7 Å². The number of nitrogens with zero attached hydrogens (tertiary/aromatic N) is 2. The second kappa shape index (κ2) is 7.30. The van der Waals surface area contributed by atoms with Crippen molar-refractivity contribution in [1.82, 2.24) is 4.90 Å². The molecule has 106 valence electrons. The van der Waals surface area contributed by atoms with Crippen LogP contribution in [0.15, 0.2) is 28.7 Å². The molecule has 5 heteroatoms. The van der Waals surface area contributed by atoms with Gasteiger partial charge in [0.05, 0.1) is 12.5 Å². The number of nitriles is 1. The van der Waals surface area contributed by atoms with Gasteiger partial charge in [0.2, 0.25) is 5.91 Å². The summed E-state index contributed by atoms with van der Waals surface area (Å²) in [5.74, 6) is 0.0683. The Morgan fingerprint density at radius 2 is 2.15 bits per heavy atom. The van der Waals surface area contributed by atoms with E-state index in [1.54, 1.807) is 0 Å². The predicted molar refractivity (Wildman–Crippen MR) is 82.2 cm³/mol. The largest absolute Gasteiger partial charge is 0.369 e. The van der Waals surface area contributed by atoms with Crippen LogP contribution in [0.1, 0.15) is 25.7 Å². The first kappa shape index (κ1) is 14.9. The molecule has 1 heterocycles. The molecule has 0 radical (unpaired) electrons. The Hall–Kier alpha value is -1.54. The monoisotopic (exact) mass is 335 g/mol. The highest BCUT2D eigenvalue weighted by Crippen LogP contribution is 2.18. The van der Waals surface area contributed by atoms with Crippen LogP contribution in [0.25, 0.3) is 0 Å². The van der Waals surface area contributed by atoms with E-state index in [0.29, 0.717) is 0 Å². The number of carbonyl (C=O) groups excluding carboxylic acids is 1. The van der Waals surface area contributed by atoms with Crippen LogP contribution >= 0.6 is 15.9 Å². The minimum atomic E-state index is -0.487. The molecule has 1 aliphatic heterocycles. The molecule has 1 N–H and O–H groups in total. The zero-order valence-electron chi connectivity index (χ0n) is 11.3. The van der Waals surface area contributed by atoms with Gasteiger partial charge in [-0.05, 0) is 37.5 Å². The summed E-state index contributed by atoms with van der Waals surface area (Å²) in [5.41, 5.74) is 0.845. The minimum absolute atomic E-state index is 0.0683. The van der Waals surface area contributed by atoms with E-state index in [9.17, 15) is 10.1 Å². The standard InChI is InChI=1S/C15H18BrN3O/c16-12-5-4-6-13(9-12)18-14(11-17)10-15(20)19-7-2-1-3-8-19/h4-6,9,14,18H,1-3,7-8,10H2. The first-order valence-electron chi connectivity index (χ1n) is 6.88. The van der Waals surface area contributed by atoms with E-state index < -0.39 is 6.04 Å². The molecule has 0 spiro atoms. The Bertz CT molecular complexity index is 506. The number of rotatable bonds is 4. The summed E-state index contributed by atoms with van der Waals surface area (Å²) in [6.45, 7) is 1.65. The van der Waals surface area contributed by atoms with Gasteiger partial charge in [0.15, 0.2) is 0 Å². The summed E-state index contributed by atoms with van der Waals surface area (Å²) >= 11 is 3.39. The lowest BCUT2D eigenvalue weighted by Crippen LogP contribution is -2.38. The molecule has 0 aliphatic carbocycles. The van der Waals surface area contributed by atoms with Crippen LogP contribution in [0.5, 0.6) is 0 Å². The summed E-state index contributed by atoms with van der Waals surface area (Å²) in [6, 6.07) is 9.28. The lowest BCUT2D eigenvalue weighted by Gasteiger charge is -2.27. The molecule has 0 saturated carbocycles. The van der Waals surface area contributed by atoms with Crippen LogP contribution in [0.4, 0.5) is 5.69 Å². The number of amides is 1. The molecule has 1 fully saturated rings. The van der Waals surface area contributed by atoms with Gasteiger partial charge < -0.3 is 10.2 Å². The highest BCUT2D eigenvalue weighted by atomic mass is 79.9. The normalized spacial score (nSPS) is 16.3. The Labute approximate surface area is 127 Å². The van der Waals surface area contributed by atoms with Gasteiger partial charge in [0, 0.05) is 23.2 Å². The number of carbonyl (C=O) groups is 1. The fourth-order valence-corrected chi connectivity index (χ4v) is 2.75. The van der Waals surface area contributed by atoms with Gasteiger partial charge in [0.1, 0.15) is 6.04 Å². The van der Waals surface area contributed by atoms with Crippen molar-refractivity contribution in [3.05, 3.63) is 28.7 Å². The van der Waals surface area contributed by atoms with E-state index >= 15 is 0 Å². The van der Waals surface area contributed by atoms with Gasteiger partial charge in [-0.1, -0.05) is 22.0 Å². The highest BCUT2D eigenvalue weighted by molar-refractivity contribution is 9.10. The fraction of sp³-hybridized carbons (Fsp3) is 0.467. The van der Waals surface area contributed by atoms with E-state index in [4.69, 9.17) is 0 Å². The topological polar surface area (TPSA) is 56.1 Å². The first-order chi connectivity index (χ1) is 9.69. The zero-order valence-corrected chi connectivity index (χ0v) is 12.9. The van der Waals surface area contributed by atoms with Crippen molar-refractivity contribution >= 4 is 27.5 Å². The van der Waals surface area contributed by atoms with E-state index in [1.165, 1.54) is 6.42 Å². The molecule has 1 atom stereocenters. The van der Waals surface area contributed by atoms with Crippen LogP contribution in [-0.2, 0) is 4.79 Å². The Kier molecular flexibility index (Phi) is 5.42. The fourth-order valence-electron chi connectivity index (χ4n) is 2.36. The molecule has 2 rings (SSSR count). The van der Waals surface area contributed by atoms with Gasteiger partial charge in [-0.15, -0.1) is 0 Å². The molecule has 0 aromatic heterocycles. The van der Waals surface area contributed by atoms with Crippen molar-refractivity contribution in [2.24, 2.45) is 0 Å². The summed E-state index contributed by atoms with van der Waals surface area (Å²) in [7, 11) is 0. The maximum absolute atomic E-state index is 12.2. The molecule has 1 amide bonds. The van der Waals surface area contributed by atoms with Crippen molar-refractivity contribution in [3.8, 4) is 6.07 Å². The lowest BCUT2D eigenvalue weighted by molar-refractivity contribution is -0.132. The highest BCUT2D eigenvalue weighted by Gasteiger charge is 2.20. The van der Waals surface area contributed by atoms with Gasteiger partial charge in [-0.3, -0.25) is 4.79 Å². The molecule has 1 unspecified atom stereocenters. The summed E-state index contributed by atoms with van der Waals surface area (Å²) in [4.78, 5) is 14.0. The molecule has 20 heavy (non-hydrogen) atoms. The van der Waals surface area contributed by atoms with Crippen molar-refractivity contribution in [1.29, 1.82) is 5.26 Å². The Morgan fingerprint density at radius 1 is 1.40 bits per heavy atom. The number of anilines is 1. The van der Waals surface area contributed by atoms with Crippen LogP contribution < -0.4 is 5.32 Å². The number of nitrogens with one attached hydrogen (secondary N) is 1. The third kappa shape index (κ3) is 4.24. The number of piperidine rings is 1. The number of hydrogen-bond acceptors (Lipinski definition) is 3. The summed E-state index contributed by atoms with van der Waals surface area (Å²) < 4.78 is 0.946. The van der Waals surface area contributed by atoms with E-state index in [1.807, 2.05) is 29.2 Å². The third-order valence-corrected chi connectivity index (χ3v) is 3.90. The molecule has 4 nitrogen and oxygen atoms in total. The molecule has 1 aliphatic rings. The summed E-state index contributed by atoms with van der Waals surface area (Å²) in [5, 5.41) is 12.3. The van der Waals surface area contributed by atoms with Crippen LogP contribution in [0.2, 0.25) is 0 Å². The average Bonchev–Trinajstić information content (AvgIpc) is 2.47. The minimum Gasteiger partial charge on any atom is -0.369 e. The number of halogens is 1. The lowest BCUT2D eigenvalue weighted by atomic mass is 10.1. The van der Waals surface area contributed by atoms with E-state index in [2.05, 4.69) is 27.3 Å². The molecule has 1 saturated heterocycles. The maximum Gasteiger partial charge on any atom is 0.225 e. The molecule has 1 aromatic rings. The quantitative estimate of drug-likeness (QED) is 0.919. The third-order valence-electron chi connectivity index (χ3n) is 3.41. The second-order valence-corrected chi connectivity index (χ2v) is 5.90. The average molecular weight is 336 g/mol.